The fraction of sp³-hybridized carbons (Fsp3) is 0.368. The van der Waals surface area contributed by atoms with Gasteiger partial charge in [-0.2, -0.15) is 11.8 Å². The van der Waals surface area contributed by atoms with Crippen LogP contribution in [0.3, 0.4) is 0 Å². The third-order valence-electron chi connectivity index (χ3n) is 4.49. The number of rotatable bonds is 4. The first-order valence-corrected chi connectivity index (χ1v) is 9.36. The predicted octanol–water partition coefficient (Wildman–Crippen LogP) is 3.34. The van der Waals surface area contributed by atoms with E-state index in [9.17, 15) is 4.79 Å². The molecule has 1 aromatic heterocycles. The lowest BCUT2D eigenvalue weighted by molar-refractivity contribution is 0.0946. The summed E-state index contributed by atoms with van der Waals surface area (Å²) < 4.78 is 0. The van der Waals surface area contributed by atoms with Crippen molar-refractivity contribution in [2.24, 2.45) is 0 Å². The highest BCUT2D eigenvalue weighted by Gasteiger charge is 2.25. The molecule has 2 atom stereocenters. The van der Waals surface area contributed by atoms with E-state index in [0.717, 1.165) is 23.5 Å². The van der Waals surface area contributed by atoms with Crippen LogP contribution in [0.15, 0.2) is 48.7 Å². The molecule has 1 saturated heterocycles. The number of carbonyl (C=O) groups excluding carboxylic acids is 1. The Kier molecular flexibility index (Phi) is 5.41. The molecule has 1 N–H and O–H groups in total. The number of hydrogen-bond donors (Lipinski definition) is 1. The molecule has 1 aliphatic heterocycles. The normalized spacial score (nSPS) is 20.7. The van der Waals surface area contributed by atoms with Crippen molar-refractivity contribution >= 4 is 23.4 Å². The number of aromatic nitrogens is 1. The van der Waals surface area contributed by atoms with Crippen molar-refractivity contribution in [2.45, 2.75) is 31.7 Å². The Bertz CT molecular complexity index is 692. The summed E-state index contributed by atoms with van der Waals surface area (Å²) in [4.78, 5) is 19.0. The number of hydrogen-bond acceptors (Lipinski definition) is 4. The second kappa shape index (κ2) is 7.71. The number of thioether (sulfide) groups is 1. The minimum atomic E-state index is -0.132. The first kappa shape index (κ1) is 16.8. The molecule has 126 valence electrons. The fourth-order valence-corrected chi connectivity index (χ4v) is 3.99. The van der Waals surface area contributed by atoms with Crippen molar-refractivity contribution in [3.8, 4) is 0 Å². The Labute approximate surface area is 147 Å². The van der Waals surface area contributed by atoms with E-state index in [4.69, 9.17) is 0 Å². The maximum atomic E-state index is 12.4. The van der Waals surface area contributed by atoms with E-state index < -0.39 is 0 Å². The predicted molar refractivity (Wildman–Crippen MR) is 101 cm³/mol. The summed E-state index contributed by atoms with van der Waals surface area (Å²) in [6.07, 6.45) is 1.73. The van der Waals surface area contributed by atoms with Crippen LogP contribution in [-0.4, -0.2) is 34.5 Å². The molecule has 2 unspecified atom stereocenters. The minimum absolute atomic E-state index is 0.132. The summed E-state index contributed by atoms with van der Waals surface area (Å²) in [7, 11) is 0. The van der Waals surface area contributed by atoms with E-state index in [0.29, 0.717) is 23.5 Å². The molecule has 0 spiro atoms. The van der Waals surface area contributed by atoms with Crippen LogP contribution in [-0.2, 0) is 6.54 Å². The molecule has 0 bridgehead atoms. The number of carbonyl (C=O) groups is 1. The van der Waals surface area contributed by atoms with E-state index in [1.807, 2.05) is 54.2 Å². The number of anilines is 1. The van der Waals surface area contributed by atoms with Crippen LogP contribution < -0.4 is 10.2 Å². The van der Waals surface area contributed by atoms with Gasteiger partial charge in [0.2, 0.25) is 0 Å². The van der Waals surface area contributed by atoms with Gasteiger partial charge in [-0.05, 0) is 24.6 Å². The van der Waals surface area contributed by atoms with Gasteiger partial charge in [0.25, 0.3) is 5.91 Å². The largest absolute Gasteiger partial charge is 0.367 e. The Balaban J connectivity index is 1.69. The summed E-state index contributed by atoms with van der Waals surface area (Å²) >= 11 is 2.00. The molecule has 4 nitrogen and oxygen atoms in total. The molecule has 2 aromatic rings. The smallest absolute Gasteiger partial charge is 0.270 e. The molecule has 2 heterocycles. The van der Waals surface area contributed by atoms with Gasteiger partial charge in [-0.3, -0.25) is 9.78 Å². The first-order valence-electron chi connectivity index (χ1n) is 8.31. The molecule has 0 aliphatic carbocycles. The maximum absolute atomic E-state index is 12.4. The molecule has 1 aromatic carbocycles. The highest BCUT2D eigenvalue weighted by Crippen LogP contribution is 2.29. The van der Waals surface area contributed by atoms with Crippen molar-refractivity contribution < 1.29 is 4.79 Å². The Morgan fingerprint density at radius 2 is 2.08 bits per heavy atom. The maximum Gasteiger partial charge on any atom is 0.270 e. The van der Waals surface area contributed by atoms with E-state index >= 15 is 0 Å². The molecule has 0 radical (unpaired) electrons. The average Bonchev–Trinajstić information content (AvgIpc) is 2.63. The molecule has 1 aliphatic rings. The van der Waals surface area contributed by atoms with Crippen molar-refractivity contribution in [2.75, 3.05) is 17.2 Å². The SMILES string of the molecule is CC1SCCN(c2ccnc(C(=O)NCc3ccccc3)c2)C1C. The van der Waals surface area contributed by atoms with Crippen LogP contribution in [0.1, 0.15) is 29.9 Å². The molecule has 1 fully saturated rings. The lowest BCUT2D eigenvalue weighted by Gasteiger charge is -2.39. The molecular formula is C19H23N3OS. The van der Waals surface area contributed by atoms with Crippen LogP contribution in [0.5, 0.6) is 0 Å². The summed E-state index contributed by atoms with van der Waals surface area (Å²) in [6, 6.07) is 14.2. The molecule has 0 saturated carbocycles. The van der Waals surface area contributed by atoms with Crippen LogP contribution in [0, 0.1) is 0 Å². The van der Waals surface area contributed by atoms with E-state index in [2.05, 4.69) is 29.0 Å². The monoisotopic (exact) mass is 341 g/mol. The highest BCUT2D eigenvalue weighted by molar-refractivity contribution is 8.00. The number of nitrogens with one attached hydrogen (secondary N) is 1. The van der Waals surface area contributed by atoms with Crippen molar-refractivity contribution in [3.05, 3.63) is 59.9 Å². The van der Waals surface area contributed by atoms with Gasteiger partial charge < -0.3 is 10.2 Å². The lowest BCUT2D eigenvalue weighted by Crippen LogP contribution is -2.44. The van der Waals surface area contributed by atoms with Crippen molar-refractivity contribution in [1.82, 2.24) is 10.3 Å². The Hall–Kier alpha value is -2.01. The minimum Gasteiger partial charge on any atom is -0.367 e. The molecule has 3 rings (SSSR count). The van der Waals surface area contributed by atoms with E-state index in [1.54, 1.807) is 6.20 Å². The average molecular weight is 341 g/mol. The number of nitrogens with zero attached hydrogens (tertiary/aromatic N) is 2. The fourth-order valence-electron chi connectivity index (χ4n) is 2.89. The summed E-state index contributed by atoms with van der Waals surface area (Å²) in [5.74, 6) is 0.983. The third-order valence-corrected chi connectivity index (χ3v) is 5.83. The summed E-state index contributed by atoms with van der Waals surface area (Å²) in [5, 5.41) is 3.53. The zero-order valence-electron chi connectivity index (χ0n) is 14.1. The highest BCUT2D eigenvalue weighted by atomic mass is 32.2. The lowest BCUT2D eigenvalue weighted by atomic mass is 10.1. The van der Waals surface area contributed by atoms with Gasteiger partial charge in [0.1, 0.15) is 5.69 Å². The van der Waals surface area contributed by atoms with Crippen LogP contribution in [0.4, 0.5) is 5.69 Å². The second-order valence-electron chi connectivity index (χ2n) is 6.08. The quantitative estimate of drug-likeness (QED) is 0.926. The second-order valence-corrected chi connectivity index (χ2v) is 7.56. The van der Waals surface area contributed by atoms with Gasteiger partial charge in [0.05, 0.1) is 0 Å². The first-order chi connectivity index (χ1) is 11.6. The van der Waals surface area contributed by atoms with Gasteiger partial charge in [-0.25, -0.2) is 0 Å². The standard InChI is InChI=1S/C19H23N3OS/c1-14-15(2)24-11-10-22(14)17-8-9-20-18(12-17)19(23)21-13-16-6-4-3-5-7-16/h3-9,12,14-15H,10-11,13H2,1-2H3,(H,21,23). The molecule has 24 heavy (non-hydrogen) atoms. The van der Waals surface area contributed by atoms with E-state index in [-0.39, 0.29) is 5.91 Å². The van der Waals surface area contributed by atoms with Crippen LogP contribution in [0.25, 0.3) is 0 Å². The van der Waals surface area contributed by atoms with Crippen LogP contribution >= 0.6 is 11.8 Å². The topological polar surface area (TPSA) is 45.2 Å². The number of benzene rings is 1. The van der Waals surface area contributed by atoms with Crippen molar-refractivity contribution in [1.29, 1.82) is 0 Å². The van der Waals surface area contributed by atoms with Crippen LogP contribution in [0.2, 0.25) is 0 Å². The molecule has 5 heteroatoms. The zero-order chi connectivity index (χ0) is 16.9. The van der Waals surface area contributed by atoms with Gasteiger partial charge in [-0.15, -0.1) is 0 Å². The van der Waals surface area contributed by atoms with Gasteiger partial charge in [-0.1, -0.05) is 37.3 Å². The summed E-state index contributed by atoms with van der Waals surface area (Å²) in [5.41, 5.74) is 2.63. The van der Waals surface area contributed by atoms with Gasteiger partial charge >= 0.3 is 0 Å². The van der Waals surface area contributed by atoms with Gasteiger partial charge in [0, 0.05) is 42.0 Å². The zero-order valence-corrected chi connectivity index (χ0v) is 14.9. The van der Waals surface area contributed by atoms with E-state index in [1.165, 1.54) is 0 Å². The number of pyridine rings is 1. The Morgan fingerprint density at radius 3 is 2.88 bits per heavy atom. The molecular weight excluding hydrogens is 318 g/mol. The molecule has 1 amide bonds. The van der Waals surface area contributed by atoms with Crippen molar-refractivity contribution in [3.63, 3.8) is 0 Å². The summed E-state index contributed by atoms with van der Waals surface area (Å²) in [6.45, 7) is 6.02. The van der Waals surface area contributed by atoms with Gasteiger partial charge in [0.15, 0.2) is 0 Å². The Morgan fingerprint density at radius 1 is 1.29 bits per heavy atom. The third kappa shape index (κ3) is 3.90. The number of amides is 1.